The van der Waals surface area contributed by atoms with Gasteiger partial charge in [-0.15, -0.1) is 0 Å². The lowest BCUT2D eigenvalue weighted by Gasteiger charge is -2.18. The van der Waals surface area contributed by atoms with Crippen LogP contribution in [0.1, 0.15) is 22.3 Å². The van der Waals surface area contributed by atoms with Crippen LogP contribution in [0.3, 0.4) is 0 Å². The third-order valence-corrected chi connectivity index (χ3v) is 3.20. The number of ether oxygens (including phenoxy) is 1. The summed E-state index contributed by atoms with van der Waals surface area (Å²) in [5, 5.41) is 0. The number of hydrogen-bond acceptors (Lipinski definition) is 4. The summed E-state index contributed by atoms with van der Waals surface area (Å²) < 4.78 is 67.0. The summed E-state index contributed by atoms with van der Waals surface area (Å²) >= 11 is 3.02. The van der Waals surface area contributed by atoms with E-state index in [4.69, 9.17) is 0 Å². The van der Waals surface area contributed by atoms with E-state index in [9.17, 15) is 26.7 Å². The lowest BCUT2D eigenvalue weighted by atomic mass is 10.2. The van der Waals surface area contributed by atoms with E-state index in [1.165, 1.54) is 6.92 Å². The quantitative estimate of drug-likeness (QED) is 0.613. The summed E-state index contributed by atoms with van der Waals surface area (Å²) in [7, 11) is 0. The molecule has 1 aromatic rings. The molecule has 0 amide bonds. The summed E-state index contributed by atoms with van der Waals surface area (Å²) in [6.45, 7) is 1.25. The van der Waals surface area contributed by atoms with Gasteiger partial charge in [-0.05, 0) is 22.9 Å². The Labute approximate surface area is 110 Å². The van der Waals surface area contributed by atoms with Crippen LogP contribution in [0.4, 0.5) is 22.0 Å². The van der Waals surface area contributed by atoms with Crippen molar-refractivity contribution in [2.45, 2.75) is 19.0 Å². The van der Waals surface area contributed by atoms with Crippen LogP contribution in [0.25, 0.3) is 0 Å². The maximum absolute atomic E-state index is 13.1. The smallest absolute Gasteiger partial charge is 0.459 e. The van der Waals surface area contributed by atoms with E-state index < -0.39 is 28.6 Å². The second-order valence-corrected chi connectivity index (χ2v) is 5.21. The SMILES string of the molecule is CCOC(=O)c1sc(Br)nc1C(F)(F)C(F)(F)F. The van der Waals surface area contributed by atoms with E-state index in [1.807, 2.05) is 0 Å². The molecule has 0 fully saturated rings. The molecule has 0 N–H and O–H groups in total. The van der Waals surface area contributed by atoms with Crippen LogP contribution in [0, 0.1) is 0 Å². The second kappa shape index (κ2) is 5.08. The van der Waals surface area contributed by atoms with Gasteiger partial charge in [0.15, 0.2) is 3.92 Å². The summed E-state index contributed by atoms with van der Waals surface area (Å²) in [5.41, 5.74) is -1.65. The van der Waals surface area contributed by atoms with E-state index in [1.54, 1.807) is 0 Å². The Morgan fingerprint density at radius 2 is 1.94 bits per heavy atom. The molecule has 0 spiro atoms. The van der Waals surface area contributed by atoms with Crippen LogP contribution in [-0.4, -0.2) is 23.7 Å². The number of rotatable bonds is 3. The summed E-state index contributed by atoms with van der Waals surface area (Å²) in [4.78, 5) is 13.4. The average Bonchev–Trinajstić information content (AvgIpc) is 2.59. The molecule has 102 valence electrons. The molecule has 1 aromatic heterocycles. The van der Waals surface area contributed by atoms with Crippen LogP contribution < -0.4 is 0 Å². The molecule has 0 radical (unpaired) electrons. The highest BCUT2D eigenvalue weighted by Crippen LogP contribution is 2.46. The van der Waals surface area contributed by atoms with Crippen LogP contribution in [-0.2, 0) is 10.7 Å². The molecule has 0 atom stereocenters. The van der Waals surface area contributed by atoms with Gasteiger partial charge in [0.1, 0.15) is 10.6 Å². The predicted molar refractivity (Wildman–Crippen MR) is 55.7 cm³/mol. The van der Waals surface area contributed by atoms with Gasteiger partial charge in [0.05, 0.1) is 6.61 Å². The van der Waals surface area contributed by atoms with Crippen LogP contribution >= 0.6 is 27.3 Å². The van der Waals surface area contributed by atoms with E-state index in [-0.39, 0.29) is 10.5 Å². The first-order valence-electron chi connectivity index (χ1n) is 4.39. The fourth-order valence-corrected chi connectivity index (χ4v) is 2.36. The number of aromatic nitrogens is 1. The first-order valence-corrected chi connectivity index (χ1v) is 6.00. The minimum absolute atomic E-state index is 0.147. The van der Waals surface area contributed by atoms with Gasteiger partial charge in [0.25, 0.3) is 0 Å². The van der Waals surface area contributed by atoms with Crippen molar-refractivity contribution in [3.8, 4) is 0 Å². The van der Waals surface area contributed by atoms with E-state index >= 15 is 0 Å². The summed E-state index contributed by atoms with van der Waals surface area (Å²) in [5.74, 6) is -6.47. The molecule has 0 aliphatic rings. The minimum Gasteiger partial charge on any atom is -0.462 e. The monoisotopic (exact) mass is 353 g/mol. The maximum Gasteiger partial charge on any atom is 0.459 e. The lowest BCUT2D eigenvalue weighted by Crippen LogP contribution is -2.35. The highest BCUT2D eigenvalue weighted by Gasteiger charge is 2.62. The molecule has 1 rings (SSSR count). The van der Waals surface area contributed by atoms with E-state index in [0.717, 1.165) is 0 Å². The molecule has 0 aliphatic heterocycles. The van der Waals surface area contributed by atoms with Gasteiger partial charge in [0.2, 0.25) is 0 Å². The van der Waals surface area contributed by atoms with Gasteiger partial charge in [-0.25, -0.2) is 9.78 Å². The fraction of sp³-hybridized carbons (Fsp3) is 0.500. The molecule has 0 bridgehead atoms. The largest absolute Gasteiger partial charge is 0.462 e. The Hall–Kier alpha value is -0.770. The van der Waals surface area contributed by atoms with Gasteiger partial charge in [-0.3, -0.25) is 0 Å². The lowest BCUT2D eigenvalue weighted by molar-refractivity contribution is -0.290. The van der Waals surface area contributed by atoms with E-state index in [2.05, 4.69) is 25.7 Å². The highest BCUT2D eigenvalue weighted by molar-refractivity contribution is 9.11. The molecule has 0 saturated carbocycles. The minimum atomic E-state index is -5.83. The highest BCUT2D eigenvalue weighted by atomic mass is 79.9. The van der Waals surface area contributed by atoms with Gasteiger partial charge < -0.3 is 4.74 Å². The fourth-order valence-electron chi connectivity index (χ4n) is 0.976. The Bertz CT molecular complexity index is 459. The molecule has 3 nitrogen and oxygen atoms in total. The third kappa shape index (κ3) is 2.79. The normalized spacial score (nSPS) is 12.6. The molecule has 0 saturated heterocycles. The third-order valence-electron chi connectivity index (χ3n) is 1.72. The first-order chi connectivity index (χ1) is 8.11. The Balaban J connectivity index is 3.29. The molecule has 0 aromatic carbocycles. The number of carbonyl (C=O) groups is 1. The first kappa shape index (κ1) is 15.3. The zero-order valence-electron chi connectivity index (χ0n) is 8.65. The average molecular weight is 354 g/mol. The summed E-state index contributed by atoms with van der Waals surface area (Å²) in [6, 6.07) is 0. The number of halogens is 6. The van der Waals surface area contributed by atoms with Gasteiger partial charge in [0, 0.05) is 0 Å². The van der Waals surface area contributed by atoms with Crippen molar-refractivity contribution >= 4 is 33.2 Å². The number of hydrogen-bond donors (Lipinski definition) is 0. The topological polar surface area (TPSA) is 39.2 Å². The van der Waals surface area contributed by atoms with Crippen molar-refractivity contribution in [2.75, 3.05) is 6.61 Å². The molecule has 0 unspecified atom stereocenters. The van der Waals surface area contributed by atoms with Gasteiger partial charge in [-0.1, -0.05) is 11.3 Å². The van der Waals surface area contributed by atoms with Crippen molar-refractivity contribution in [3.63, 3.8) is 0 Å². The van der Waals surface area contributed by atoms with Crippen molar-refractivity contribution < 1.29 is 31.5 Å². The van der Waals surface area contributed by atoms with Gasteiger partial charge in [-0.2, -0.15) is 22.0 Å². The zero-order valence-corrected chi connectivity index (χ0v) is 11.0. The number of alkyl halides is 5. The Kier molecular flexibility index (Phi) is 4.31. The van der Waals surface area contributed by atoms with Crippen LogP contribution in [0.15, 0.2) is 3.92 Å². The van der Waals surface area contributed by atoms with Crippen LogP contribution in [0.5, 0.6) is 0 Å². The van der Waals surface area contributed by atoms with Crippen molar-refractivity contribution in [1.29, 1.82) is 0 Å². The molecule has 18 heavy (non-hydrogen) atoms. The number of carbonyl (C=O) groups excluding carboxylic acids is 1. The van der Waals surface area contributed by atoms with Crippen LogP contribution in [0.2, 0.25) is 0 Å². The maximum atomic E-state index is 13.1. The van der Waals surface area contributed by atoms with Crippen molar-refractivity contribution in [2.24, 2.45) is 0 Å². The predicted octanol–water partition coefficient (Wildman–Crippen LogP) is 3.74. The van der Waals surface area contributed by atoms with E-state index in [0.29, 0.717) is 11.3 Å². The molecule has 0 aliphatic carbocycles. The molecule has 10 heteroatoms. The number of thiazole rings is 1. The van der Waals surface area contributed by atoms with Crippen molar-refractivity contribution in [3.05, 3.63) is 14.5 Å². The summed E-state index contributed by atoms with van der Waals surface area (Å²) in [6.07, 6.45) is -5.83. The number of nitrogens with zero attached hydrogens (tertiary/aromatic N) is 1. The molecule has 1 heterocycles. The standard InChI is InChI=1S/C8H5BrF5NO2S/c1-2-17-5(16)3-4(15-6(9)18-3)7(10,11)8(12,13)14/h2H2,1H3. The number of esters is 1. The second-order valence-electron chi connectivity index (χ2n) is 2.94. The molecular formula is C8H5BrF5NO2S. The van der Waals surface area contributed by atoms with Gasteiger partial charge >= 0.3 is 18.1 Å². The zero-order chi connectivity index (χ0) is 14.1. The Morgan fingerprint density at radius 3 is 2.39 bits per heavy atom. The Morgan fingerprint density at radius 1 is 1.39 bits per heavy atom. The molecular weight excluding hydrogens is 349 g/mol. The van der Waals surface area contributed by atoms with Crippen molar-refractivity contribution in [1.82, 2.24) is 4.98 Å².